The van der Waals surface area contributed by atoms with Crippen LogP contribution in [0.1, 0.15) is 18.4 Å². The van der Waals surface area contributed by atoms with E-state index in [0.717, 1.165) is 24.9 Å². The van der Waals surface area contributed by atoms with Gasteiger partial charge in [0.05, 0.1) is 6.04 Å². The van der Waals surface area contributed by atoms with Gasteiger partial charge in [-0.25, -0.2) is 4.98 Å². The van der Waals surface area contributed by atoms with Gasteiger partial charge in [-0.3, -0.25) is 9.69 Å². The van der Waals surface area contributed by atoms with Crippen molar-refractivity contribution in [1.29, 1.82) is 0 Å². The summed E-state index contributed by atoms with van der Waals surface area (Å²) in [6, 6.07) is 3.33. The van der Waals surface area contributed by atoms with Crippen molar-refractivity contribution in [2.75, 3.05) is 6.54 Å². The summed E-state index contributed by atoms with van der Waals surface area (Å²) in [4.78, 5) is 17.3. The molecule has 0 aromatic carbocycles. The van der Waals surface area contributed by atoms with Gasteiger partial charge in [0.2, 0.25) is 5.91 Å². The van der Waals surface area contributed by atoms with Gasteiger partial charge in [0, 0.05) is 12.1 Å². The van der Waals surface area contributed by atoms with Crippen LogP contribution in [0.3, 0.4) is 0 Å². The first kappa shape index (κ1) is 12.6. The molecule has 1 aromatic heterocycles. The van der Waals surface area contributed by atoms with E-state index in [1.807, 2.05) is 11.0 Å². The Morgan fingerprint density at radius 2 is 2.29 bits per heavy atom. The Hall–Kier alpha value is -0.840. The fraction of sp³-hybridized carbons (Fsp3) is 0.455. The third-order valence-corrected chi connectivity index (χ3v) is 3.50. The molecular weight excluding hydrogens is 261 g/mol. The number of nitrogens with zero attached hydrogens (tertiary/aromatic N) is 2. The highest BCUT2D eigenvalue weighted by Gasteiger charge is 2.29. The fourth-order valence-corrected chi connectivity index (χ4v) is 2.52. The average Bonchev–Trinajstić information content (AvgIpc) is 2.70. The first-order chi connectivity index (χ1) is 8.08. The van der Waals surface area contributed by atoms with E-state index in [1.54, 1.807) is 6.07 Å². The van der Waals surface area contributed by atoms with Crippen molar-refractivity contribution in [3.63, 3.8) is 0 Å². The molecule has 17 heavy (non-hydrogen) atoms. The quantitative estimate of drug-likeness (QED) is 0.855. The molecule has 1 aliphatic rings. The maximum atomic E-state index is 11.3. The first-order valence-corrected chi connectivity index (χ1v) is 6.18. The smallest absolute Gasteiger partial charge is 0.234 e. The highest BCUT2D eigenvalue weighted by atomic mass is 35.5. The van der Waals surface area contributed by atoms with Gasteiger partial charge in [-0.15, -0.1) is 0 Å². The van der Waals surface area contributed by atoms with Crippen molar-refractivity contribution in [2.24, 2.45) is 5.73 Å². The summed E-state index contributed by atoms with van der Waals surface area (Å²) in [5, 5.41) is 0.749. The highest BCUT2D eigenvalue weighted by Crippen LogP contribution is 2.23. The molecule has 0 radical (unpaired) electrons. The van der Waals surface area contributed by atoms with E-state index in [-0.39, 0.29) is 11.9 Å². The van der Waals surface area contributed by atoms with Crippen LogP contribution in [0.5, 0.6) is 0 Å². The minimum Gasteiger partial charge on any atom is -0.368 e. The van der Waals surface area contributed by atoms with Crippen molar-refractivity contribution in [3.05, 3.63) is 28.0 Å². The van der Waals surface area contributed by atoms with Gasteiger partial charge in [-0.05, 0) is 25.5 Å². The summed E-state index contributed by atoms with van der Waals surface area (Å²) >= 11 is 11.7. The Kier molecular flexibility index (Phi) is 3.86. The molecule has 0 aliphatic carbocycles. The zero-order valence-electron chi connectivity index (χ0n) is 9.20. The summed E-state index contributed by atoms with van der Waals surface area (Å²) in [5.74, 6) is -0.277. The number of amides is 1. The van der Waals surface area contributed by atoms with E-state index < -0.39 is 0 Å². The normalized spacial score (nSPS) is 20.7. The lowest BCUT2D eigenvalue weighted by Crippen LogP contribution is -2.39. The molecule has 1 unspecified atom stereocenters. The first-order valence-electron chi connectivity index (χ1n) is 5.42. The van der Waals surface area contributed by atoms with Crippen LogP contribution in [0.15, 0.2) is 12.1 Å². The molecule has 0 spiro atoms. The third kappa shape index (κ3) is 2.89. The molecule has 2 rings (SSSR count). The number of carbonyl (C=O) groups excluding carboxylic acids is 1. The van der Waals surface area contributed by atoms with Gasteiger partial charge in [0.15, 0.2) is 0 Å². The second-order valence-corrected chi connectivity index (χ2v) is 4.86. The van der Waals surface area contributed by atoms with Crippen LogP contribution in [0.25, 0.3) is 0 Å². The molecule has 92 valence electrons. The molecule has 6 heteroatoms. The lowest BCUT2D eigenvalue weighted by Gasteiger charge is -2.21. The summed E-state index contributed by atoms with van der Waals surface area (Å²) in [5.41, 5.74) is 6.22. The number of aromatic nitrogens is 1. The molecule has 1 aromatic rings. The second-order valence-electron chi connectivity index (χ2n) is 4.11. The predicted octanol–water partition coefficient (Wildman–Crippen LogP) is 1.84. The van der Waals surface area contributed by atoms with Crippen molar-refractivity contribution in [1.82, 2.24) is 9.88 Å². The topological polar surface area (TPSA) is 59.2 Å². The molecule has 1 saturated heterocycles. The number of hydrogen-bond acceptors (Lipinski definition) is 3. The van der Waals surface area contributed by atoms with Crippen LogP contribution in [0.4, 0.5) is 0 Å². The SMILES string of the molecule is NC(=O)C1CCCN1Cc1ccc(Cl)nc1Cl. The average molecular weight is 274 g/mol. The lowest BCUT2D eigenvalue weighted by atomic mass is 10.2. The summed E-state index contributed by atoms with van der Waals surface area (Å²) in [7, 11) is 0. The summed E-state index contributed by atoms with van der Waals surface area (Å²) in [6.07, 6.45) is 1.79. The van der Waals surface area contributed by atoms with Gasteiger partial charge in [-0.2, -0.15) is 0 Å². The minimum atomic E-state index is -0.277. The van der Waals surface area contributed by atoms with Crippen LogP contribution >= 0.6 is 23.2 Å². The Labute approximate surface area is 110 Å². The molecule has 1 atom stereocenters. The van der Waals surface area contributed by atoms with Gasteiger partial charge < -0.3 is 5.73 Å². The number of rotatable bonds is 3. The van der Waals surface area contributed by atoms with Gasteiger partial charge in [-0.1, -0.05) is 29.3 Å². The van der Waals surface area contributed by atoms with Crippen molar-refractivity contribution in [3.8, 4) is 0 Å². The molecule has 0 bridgehead atoms. The number of primary amides is 1. The van der Waals surface area contributed by atoms with Crippen molar-refractivity contribution in [2.45, 2.75) is 25.4 Å². The van der Waals surface area contributed by atoms with E-state index in [4.69, 9.17) is 28.9 Å². The zero-order chi connectivity index (χ0) is 12.4. The second kappa shape index (κ2) is 5.21. The highest BCUT2D eigenvalue weighted by molar-refractivity contribution is 6.32. The van der Waals surface area contributed by atoms with Crippen LogP contribution < -0.4 is 5.73 Å². The van der Waals surface area contributed by atoms with Gasteiger partial charge in [0.25, 0.3) is 0 Å². The Balaban J connectivity index is 2.12. The minimum absolute atomic E-state index is 0.193. The molecule has 1 aliphatic heterocycles. The standard InChI is InChI=1S/C11H13Cl2N3O/c12-9-4-3-7(10(13)15-9)6-16-5-1-2-8(16)11(14)17/h3-4,8H,1-2,5-6H2,(H2,14,17). The maximum absolute atomic E-state index is 11.3. The summed E-state index contributed by atoms with van der Waals surface area (Å²) in [6.45, 7) is 1.43. The molecule has 1 fully saturated rings. The number of halogens is 2. The molecular formula is C11H13Cl2N3O. The Morgan fingerprint density at radius 3 is 2.94 bits per heavy atom. The molecule has 4 nitrogen and oxygen atoms in total. The van der Waals surface area contributed by atoms with Crippen LogP contribution in [-0.4, -0.2) is 28.4 Å². The predicted molar refractivity (Wildman–Crippen MR) is 66.9 cm³/mol. The lowest BCUT2D eigenvalue weighted by molar-refractivity contribution is -0.122. The Bertz CT molecular complexity index is 439. The Morgan fingerprint density at radius 1 is 1.53 bits per heavy atom. The van der Waals surface area contributed by atoms with Crippen LogP contribution in [-0.2, 0) is 11.3 Å². The zero-order valence-corrected chi connectivity index (χ0v) is 10.7. The summed E-state index contributed by atoms with van der Waals surface area (Å²) < 4.78 is 0. The molecule has 1 amide bonds. The van der Waals surface area contributed by atoms with E-state index >= 15 is 0 Å². The fourth-order valence-electron chi connectivity index (χ4n) is 2.12. The maximum Gasteiger partial charge on any atom is 0.234 e. The van der Waals surface area contributed by atoms with E-state index in [1.165, 1.54) is 0 Å². The van der Waals surface area contributed by atoms with Gasteiger partial charge in [0.1, 0.15) is 10.3 Å². The largest absolute Gasteiger partial charge is 0.368 e. The van der Waals surface area contributed by atoms with E-state index in [9.17, 15) is 4.79 Å². The number of likely N-dealkylation sites (tertiary alicyclic amines) is 1. The van der Waals surface area contributed by atoms with Crippen molar-refractivity contribution < 1.29 is 4.79 Å². The van der Waals surface area contributed by atoms with Crippen LogP contribution in [0, 0.1) is 0 Å². The number of pyridine rings is 1. The monoisotopic (exact) mass is 273 g/mol. The number of hydrogen-bond donors (Lipinski definition) is 1. The third-order valence-electron chi connectivity index (χ3n) is 2.96. The van der Waals surface area contributed by atoms with Crippen molar-refractivity contribution >= 4 is 29.1 Å². The van der Waals surface area contributed by atoms with E-state index in [0.29, 0.717) is 16.9 Å². The van der Waals surface area contributed by atoms with Crippen LogP contribution in [0.2, 0.25) is 10.3 Å². The molecule has 2 N–H and O–H groups in total. The van der Waals surface area contributed by atoms with E-state index in [2.05, 4.69) is 4.98 Å². The van der Waals surface area contributed by atoms with Gasteiger partial charge >= 0.3 is 0 Å². The number of carbonyl (C=O) groups is 1. The molecule has 2 heterocycles. The molecule has 0 saturated carbocycles. The number of nitrogens with two attached hydrogens (primary N) is 1.